The summed E-state index contributed by atoms with van der Waals surface area (Å²) in [5.41, 5.74) is -0.534. The smallest absolute Gasteiger partial charge is 0.410 e. The van der Waals surface area contributed by atoms with Gasteiger partial charge in [0.15, 0.2) is 6.10 Å². The van der Waals surface area contributed by atoms with Gasteiger partial charge in [0.2, 0.25) is 0 Å². The summed E-state index contributed by atoms with van der Waals surface area (Å²) in [4.78, 5) is 24.9. The number of ether oxygens (including phenoxy) is 3. The summed E-state index contributed by atoms with van der Waals surface area (Å²) >= 11 is 0. The summed E-state index contributed by atoms with van der Waals surface area (Å²) in [6.07, 6.45) is -1.39. The number of nitrogens with zero attached hydrogens (tertiary/aromatic N) is 1. The zero-order valence-electron chi connectivity index (χ0n) is 13.6. The van der Waals surface area contributed by atoms with E-state index in [4.69, 9.17) is 19.3 Å². The highest BCUT2D eigenvalue weighted by atomic mass is 16.6. The van der Waals surface area contributed by atoms with Gasteiger partial charge in [0.05, 0.1) is 19.3 Å². The Morgan fingerprint density at radius 3 is 2.23 bits per heavy atom. The molecule has 0 aromatic carbocycles. The Morgan fingerprint density at radius 1 is 1.23 bits per heavy atom. The molecule has 2 saturated heterocycles. The first-order valence-corrected chi connectivity index (χ1v) is 7.61. The number of piperidine rings is 1. The number of fused-ring (bicyclic) bond motifs is 2. The molecular weight excluding hydrogens is 290 g/mol. The summed E-state index contributed by atoms with van der Waals surface area (Å²) in [6, 6.07) is 0. The van der Waals surface area contributed by atoms with E-state index >= 15 is 0 Å². The van der Waals surface area contributed by atoms with Crippen LogP contribution in [0.1, 0.15) is 27.7 Å². The second kappa shape index (κ2) is 6.42. The van der Waals surface area contributed by atoms with Crippen molar-refractivity contribution in [1.29, 1.82) is 0 Å². The molecule has 0 spiro atoms. The lowest BCUT2D eigenvalue weighted by Gasteiger charge is -2.46. The van der Waals surface area contributed by atoms with Crippen molar-refractivity contribution >= 4 is 12.1 Å². The minimum absolute atomic E-state index is 0.0261. The van der Waals surface area contributed by atoms with Gasteiger partial charge in [-0.25, -0.2) is 9.59 Å². The van der Waals surface area contributed by atoms with E-state index in [1.54, 1.807) is 4.90 Å². The second-order valence-corrected chi connectivity index (χ2v) is 7.02. The van der Waals surface area contributed by atoms with Gasteiger partial charge in [-0.15, -0.1) is 0 Å². The minimum atomic E-state index is -0.978. The average Bonchev–Trinajstić information content (AvgIpc) is 2.35. The van der Waals surface area contributed by atoms with E-state index in [-0.39, 0.29) is 24.0 Å². The lowest BCUT2D eigenvalue weighted by molar-refractivity contribution is -0.181. The summed E-state index contributed by atoms with van der Waals surface area (Å²) < 4.78 is 16.6. The fourth-order valence-corrected chi connectivity index (χ4v) is 2.89. The number of carbonyl (C=O) groups excluding carboxylic acids is 1. The molecule has 7 nitrogen and oxygen atoms in total. The molecule has 2 bridgehead atoms. The fourth-order valence-electron chi connectivity index (χ4n) is 2.89. The van der Waals surface area contributed by atoms with Gasteiger partial charge in [0.1, 0.15) is 5.60 Å². The second-order valence-electron chi connectivity index (χ2n) is 7.02. The van der Waals surface area contributed by atoms with Crippen LogP contribution in [0.5, 0.6) is 0 Å². The molecule has 22 heavy (non-hydrogen) atoms. The lowest BCUT2D eigenvalue weighted by Crippen LogP contribution is -2.59. The number of amides is 1. The molecule has 2 aliphatic rings. The van der Waals surface area contributed by atoms with E-state index in [9.17, 15) is 9.59 Å². The molecule has 3 atom stereocenters. The largest absolute Gasteiger partial charge is 0.479 e. The molecule has 2 heterocycles. The van der Waals surface area contributed by atoms with E-state index in [2.05, 4.69) is 0 Å². The number of likely N-dealkylation sites (tertiary alicyclic amines) is 1. The van der Waals surface area contributed by atoms with Crippen LogP contribution < -0.4 is 0 Å². The monoisotopic (exact) mass is 315 g/mol. The predicted molar refractivity (Wildman–Crippen MR) is 77.6 cm³/mol. The SMILES string of the molecule is C[C@H](OC1C2COCC1CN(C(=O)OC(C)(C)C)C2)C(=O)O. The number of rotatable bonds is 3. The number of hydrogen-bond acceptors (Lipinski definition) is 5. The maximum absolute atomic E-state index is 12.2. The van der Waals surface area contributed by atoms with Gasteiger partial charge >= 0.3 is 12.1 Å². The van der Waals surface area contributed by atoms with E-state index in [1.807, 2.05) is 20.8 Å². The predicted octanol–water partition coefficient (Wildman–Crippen LogP) is 1.36. The van der Waals surface area contributed by atoms with E-state index < -0.39 is 17.7 Å². The third kappa shape index (κ3) is 4.10. The van der Waals surface area contributed by atoms with Crippen LogP contribution in [-0.4, -0.2) is 66.2 Å². The lowest BCUT2D eigenvalue weighted by atomic mass is 9.84. The number of hydrogen-bond donors (Lipinski definition) is 1. The number of aliphatic carboxylic acids is 1. The maximum Gasteiger partial charge on any atom is 0.410 e. The van der Waals surface area contributed by atoms with Crippen molar-refractivity contribution in [3.05, 3.63) is 0 Å². The normalized spacial score (nSPS) is 29.8. The third-order valence-electron chi connectivity index (χ3n) is 3.86. The van der Waals surface area contributed by atoms with Crippen molar-refractivity contribution in [1.82, 2.24) is 4.90 Å². The van der Waals surface area contributed by atoms with Crippen LogP contribution in [0.25, 0.3) is 0 Å². The van der Waals surface area contributed by atoms with Gasteiger partial charge in [-0.2, -0.15) is 0 Å². The number of carboxylic acid groups (broad SMARTS) is 1. The van der Waals surface area contributed by atoms with Crippen LogP contribution in [0.2, 0.25) is 0 Å². The molecule has 2 rings (SSSR count). The van der Waals surface area contributed by atoms with Crippen LogP contribution >= 0.6 is 0 Å². The Labute approximate surface area is 130 Å². The zero-order chi connectivity index (χ0) is 16.5. The molecule has 2 unspecified atom stereocenters. The van der Waals surface area contributed by atoms with Crippen molar-refractivity contribution in [3.63, 3.8) is 0 Å². The fraction of sp³-hybridized carbons (Fsp3) is 0.867. The van der Waals surface area contributed by atoms with Crippen molar-refractivity contribution in [3.8, 4) is 0 Å². The molecule has 126 valence electrons. The Morgan fingerprint density at radius 2 is 1.77 bits per heavy atom. The first-order chi connectivity index (χ1) is 10.2. The standard InChI is InChI=1S/C15H25NO6/c1-9(13(17)18)21-12-10-5-16(6-11(12)8-20-7-10)14(19)22-15(2,3)4/h9-12H,5-8H2,1-4H3,(H,17,18)/t9-,10?,11?,12?/m0/s1. The third-order valence-corrected chi connectivity index (χ3v) is 3.86. The van der Waals surface area contributed by atoms with Crippen molar-refractivity contribution in [2.75, 3.05) is 26.3 Å². The van der Waals surface area contributed by atoms with Crippen molar-refractivity contribution in [2.24, 2.45) is 11.8 Å². The van der Waals surface area contributed by atoms with Crippen molar-refractivity contribution < 1.29 is 28.9 Å². The van der Waals surface area contributed by atoms with E-state index in [0.717, 1.165) is 0 Å². The van der Waals surface area contributed by atoms with Gasteiger partial charge in [-0.05, 0) is 27.7 Å². The first-order valence-electron chi connectivity index (χ1n) is 7.61. The summed E-state index contributed by atoms with van der Waals surface area (Å²) in [5.74, 6) is -1.03. The Balaban J connectivity index is 2.01. The van der Waals surface area contributed by atoms with E-state index in [1.165, 1.54) is 6.92 Å². The summed E-state index contributed by atoms with van der Waals surface area (Å²) in [6.45, 7) is 8.88. The molecular formula is C15H25NO6. The highest BCUT2D eigenvalue weighted by molar-refractivity contribution is 5.71. The molecule has 2 fully saturated rings. The van der Waals surface area contributed by atoms with Gasteiger partial charge < -0.3 is 24.2 Å². The zero-order valence-corrected chi connectivity index (χ0v) is 13.6. The van der Waals surface area contributed by atoms with Gasteiger partial charge in [0.25, 0.3) is 0 Å². The topological polar surface area (TPSA) is 85.3 Å². The van der Waals surface area contributed by atoms with Gasteiger partial charge in [0, 0.05) is 24.9 Å². The first kappa shape index (κ1) is 17.0. The molecule has 0 aromatic rings. The van der Waals surface area contributed by atoms with E-state index in [0.29, 0.717) is 26.3 Å². The molecule has 0 aliphatic carbocycles. The number of carboxylic acids is 1. The van der Waals surface area contributed by atoms with Crippen LogP contribution in [0.4, 0.5) is 4.79 Å². The molecule has 1 amide bonds. The average molecular weight is 315 g/mol. The molecule has 2 aliphatic heterocycles. The highest BCUT2D eigenvalue weighted by Gasteiger charge is 2.44. The maximum atomic E-state index is 12.2. The molecule has 1 N–H and O–H groups in total. The van der Waals surface area contributed by atoms with Crippen LogP contribution in [0.3, 0.4) is 0 Å². The summed E-state index contributed by atoms with van der Waals surface area (Å²) in [5, 5.41) is 9.00. The number of carbonyl (C=O) groups is 2. The van der Waals surface area contributed by atoms with Gasteiger partial charge in [-0.1, -0.05) is 0 Å². The quantitative estimate of drug-likeness (QED) is 0.846. The van der Waals surface area contributed by atoms with Crippen LogP contribution in [0.15, 0.2) is 0 Å². The van der Waals surface area contributed by atoms with Crippen LogP contribution in [0, 0.1) is 11.8 Å². The molecule has 7 heteroatoms. The highest BCUT2D eigenvalue weighted by Crippen LogP contribution is 2.31. The summed E-state index contributed by atoms with van der Waals surface area (Å²) in [7, 11) is 0. The Hall–Kier alpha value is -1.34. The van der Waals surface area contributed by atoms with Crippen LogP contribution in [-0.2, 0) is 19.0 Å². The minimum Gasteiger partial charge on any atom is -0.479 e. The Bertz CT molecular complexity index is 418. The molecule has 0 saturated carbocycles. The van der Waals surface area contributed by atoms with Gasteiger partial charge in [-0.3, -0.25) is 0 Å². The molecule has 0 aromatic heterocycles. The van der Waals surface area contributed by atoms with Crippen molar-refractivity contribution in [2.45, 2.75) is 45.5 Å². The molecule has 0 radical (unpaired) electrons. The Kier molecular flexibility index (Phi) is 4.97.